The van der Waals surface area contributed by atoms with Gasteiger partial charge in [0, 0.05) is 0 Å². The van der Waals surface area contributed by atoms with Crippen molar-refractivity contribution in [1.82, 2.24) is 0 Å². The summed E-state index contributed by atoms with van der Waals surface area (Å²) in [6.45, 7) is 5.97. The van der Waals surface area contributed by atoms with Crippen molar-refractivity contribution in [2.45, 2.75) is 39.0 Å². The van der Waals surface area contributed by atoms with Crippen molar-refractivity contribution in [3.63, 3.8) is 0 Å². The monoisotopic (exact) mass is 221 g/mol. The van der Waals surface area contributed by atoms with Gasteiger partial charge in [-0.05, 0) is 49.4 Å². The van der Waals surface area contributed by atoms with Crippen molar-refractivity contribution in [1.29, 1.82) is 0 Å². The molecule has 0 spiro atoms. The fourth-order valence-corrected chi connectivity index (χ4v) is 1.56. The van der Waals surface area contributed by atoms with Gasteiger partial charge in [-0.1, -0.05) is 26.0 Å². The van der Waals surface area contributed by atoms with Crippen LogP contribution in [0.5, 0.6) is 5.75 Å². The number of rotatable bonds is 7. The summed E-state index contributed by atoms with van der Waals surface area (Å²) in [5, 5.41) is 0. The van der Waals surface area contributed by atoms with Crippen LogP contribution < -0.4 is 10.5 Å². The number of benzene rings is 1. The van der Waals surface area contributed by atoms with E-state index in [1.807, 2.05) is 0 Å². The Morgan fingerprint density at radius 3 is 2.44 bits per heavy atom. The van der Waals surface area contributed by atoms with Crippen LogP contribution in [0.4, 0.5) is 0 Å². The molecule has 1 aromatic rings. The Morgan fingerprint density at radius 1 is 1.19 bits per heavy atom. The Bertz CT molecular complexity index is 281. The lowest BCUT2D eigenvalue weighted by Gasteiger charge is -2.10. The molecule has 1 unspecified atom stereocenters. The third kappa shape index (κ3) is 4.23. The summed E-state index contributed by atoms with van der Waals surface area (Å²) in [6, 6.07) is 8.44. The Kier molecular flexibility index (Phi) is 5.94. The Labute approximate surface area is 98.8 Å². The lowest BCUT2D eigenvalue weighted by atomic mass is 9.99. The van der Waals surface area contributed by atoms with Gasteiger partial charge < -0.3 is 10.5 Å². The smallest absolute Gasteiger partial charge is 0.119 e. The largest absolute Gasteiger partial charge is 0.494 e. The molecule has 0 aromatic heterocycles. The number of unbranched alkanes of at least 4 members (excludes halogenated alkanes) is 1. The second kappa shape index (κ2) is 7.29. The molecule has 90 valence electrons. The average molecular weight is 221 g/mol. The lowest BCUT2D eigenvalue weighted by Crippen LogP contribution is -2.03. The zero-order valence-corrected chi connectivity index (χ0v) is 10.4. The van der Waals surface area contributed by atoms with Gasteiger partial charge in [-0.3, -0.25) is 0 Å². The van der Waals surface area contributed by atoms with Crippen LogP contribution >= 0.6 is 0 Å². The molecule has 1 atom stereocenters. The molecule has 0 fully saturated rings. The lowest BCUT2D eigenvalue weighted by molar-refractivity contribution is 0.307. The summed E-state index contributed by atoms with van der Waals surface area (Å²) in [5.74, 6) is 1.59. The van der Waals surface area contributed by atoms with Crippen LogP contribution in [0.3, 0.4) is 0 Å². The molecule has 0 aliphatic heterocycles. The summed E-state index contributed by atoms with van der Waals surface area (Å²) in [6.07, 6.45) is 3.24. The fraction of sp³-hybridized carbons (Fsp3) is 0.571. The van der Waals surface area contributed by atoms with Gasteiger partial charge in [0.2, 0.25) is 0 Å². The molecule has 1 aromatic carbocycles. The van der Waals surface area contributed by atoms with E-state index in [4.69, 9.17) is 10.5 Å². The van der Waals surface area contributed by atoms with Gasteiger partial charge >= 0.3 is 0 Å². The molecule has 0 bridgehead atoms. The average Bonchev–Trinajstić information content (AvgIpc) is 2.34. The highest BCUT2D eigenvalue weighted by Gasteiger charge is 2.02. The van der Waals surface area contributed by atoms with Crippen LogP contribution in [0.25, 0.3) is 0 Å². The van der Waals surface area contributed by atoms with Crippen LogP contribution in [0.15, 0.2) is 24.3 Å². The first-order valence-corrected chi connectivity index (χ1v) is 6.20. The minimum absolute atomic E-state index is 0.631. The third-order valence-electron chi connectivity index (χ3n) is 2.93. The molecular formula is C14H23NO. The Balaban J connectivity index is 2.39. The highest BCUT2D eigenvalue weighted by molar-refractivity contribution is 5.29. The molecule has 1 rings (SSSR count). The summed E-state index contributed by atoms with van der Waals surface area (Å²) in [5.41, 5.74) is 6.81. The van der Waals surface area contributed by atoms with Crippen LogP contribution in [-0.4, -0.2) is 13.2 Å². The van der Waals surface area contributed by atoms with E-state index < -0.39 is 0 Å². The Hall–Kier alpha value is -1.02. The van der Waals surface area contributed by atoms with E-state index in [0.29, 0.717) is 5.92 Å². The summed E-state index contributed by atoms with van der Waals surface area (Å²) in [7, 11) is 0. The number of hydrogen-bond acceptors (Lipinski definition) is 2. The van der Waals surface area contributed by atoms with Gasteiger partial charge in [0.15, 0.2) is 0 Å². The fourth-order valence-electron chi connectivity index (χ4n) is 1.56. The van der Waals surface area contributed by atoms with Crippen LogP contribution in [0.2, 0.25) is 0 Å². The van der Waals surface area contributed by atoms with E-state index in [9.17, 15) is 0 Å². The molecule has 0 aliphatic rings. The van der Waals surface area contributed by atoms with Gasteiger partial charge in [0.1, 0.15) is 5.75 Å². The first-order chi connectivity index (χ1) is 7.77. The Morgan fingerprint density at radius 2 is 1.88 bits per heavy atom. The SMILES string of the molecule is CCC(C)c1ccc(OCCCCN)cc1. The second-order valence-corrected chi connectivity index (χ2v) is 4.22. The van der Waals surface area contributed by atoms with Gasteiger partial charge in [0.25, 0.3) is 0 Å². The molecule has 0 radical (unpaired) electrons. The maximum Gasteiger partial charge on any atom is 0.119 e. The van der Waals surface area contributed by atoms with E-state index in [1.165, 1.54) is 12.0 Å². The predicted molar refractivity (Wildman–Crippen MR) is 68.9 cm³/mol. The van der Waals surface area contributed by atoms with Gasteiger partial charge in [-0.2, -0.15) is 0 Å². The topological polar surface area (TPSA) is 35.2 Å². The minimum atomic E-state index is 0.631. The van der Waals surface area contributed by atoms with Gasteiger partial charge in [0.05, 0.1) is 6.61 Å². The number of ether oxygens (including phenoxy) is 1. The molecule has 0 saturated heterocycles. The zero-order chi connectivity index (χ0) is 11.8. The minimum Gasteiger partial charge on any atom is -0.494 e. The molecular weight excluding hydrogens is 198 g/mol. The zero-order valence-electron chi connectivity index (χ0n) is 10.4. The van der Waals surface area contributed by atoms with E-state index in [-0.39, 0.29) is 0 Å². The first kappa shape index (κ1) is 13.0. The first-order valence-electron chi connectivity index (χ1n) is 6.20. The molecule has 2 nitrogen and oxygen atoms in total. The van der Waals surface area contributed by atoms with Crippen LogP contribution in [0.1, 0.15) is 44.6 Å². The van der Waals surface area contributed by atoms with Crippen LogP contribution in [-0.2, 0) is 0 Å². The van der Waals surface area contributed by atoms with E-state index >= 15 is 0 Å². The summed E-state index contributed by atoms with van der Waals surface area (Å²) in [4.78, 5) is 0. The molecule has 2 heteroatoms. The van der Waals surface area contributed by atoms with Crippen molar-refractivity contribution in [2.75, 3.05) is 13.2 Å². The maximum atomic E-state index is 5.62. The highest BCUT2D eigenvalue weighted by atomic mass is 16.5. The molecule has 0 saturated carbocycles. The van der Waals surface area contributed by atoms with E-state index in [1.54, 1.807) is 0 Å². The normalized spacial score (nSPS) is 12.4. The van der Waals surface area contributed by atoms with Crippen molar-refractivity contribution < 1.29 is 4.74 Å². The van der Waals surface area contributed by atoms with Crippen LogP contribution in [0, 0.1) is 0 Å². The standard InChI is InChI=1S/C14H23NO/c1-3-12(2)13-6-8-14(9-7-13)16-11-5-4-10-15/h6-9,12H,3-5,10-11,15H2,1-2H3. The molecule has 16 heavy (non-hydrogen) atoms. The van der Waals surface area contributed by atoms with Gasteiger partial charge in [-0.15, -0.1) is 0 Å². The number of nitrogens with two attached hydrogens (primary N) is 1. The number of hydrogen-bond donors (Lipinski definition) is 1. The van der Waals surface area contributed by atoms with Crippen molar-refractivity contribution >= 4 is 0 Å². The molecule has 0 aliphatic carbocycles. The summed E-state index contributed by atoms with van der Waals surface area (Å²) >= 11 is 0. The van der Waals surface area contributed by atoms with E-state index in [0.717, 1.165) is 31.7 Å². The maximum absolute atomic E-state index is 5.62. The quantitative estimate of drug-likeness (QED) is 0.717. The molecule has 0 amide bonds. The molecule has 2 N–H and O–H groups in total. The molecule has 0 heterocycles. The van der Waals surface area contributed by atoms with E-state index in [2.05, 4.69) is 38.1 Å². The van der Waals surface area contributed by atoms with Crippen molar-refractivity contribution in [3.8, 4) is 5.75 Å². The van der Waals surface area contributed by atoms with Crippen molar-refractivity contribution in [2.24, 2.45) is 5.73 Å². The third-order valence-corrected chi connectivity index (χ3v) is 2.93. The van der Waals surface area contributed by atoms with Gasteiger partial charge in [-0.25, -0.2) is 0 Å². The summed E-state index contributed by atoms with van der Waals surface area (Å²) < 4.78 is 5.62. The van der Waals surface area contributed by atoms with Crippen molar-refractivity contribution in [3.05, 3.63) is 29.8 Å². The highest BCUT2D eigenvalue weighted by Crippen LogP contribution is 2.21. The second-order valence-electron chi connectivity index (χ2n) is 4.22. The predicted octanol–water partition coefficient (Wildman–Crippen LogP) is 3.32.